The van der Waals surface area contributed by atoms with Crippen molar-refractivity contribution in [2.24, 2.45) is 0 Å². The van der Waals surface area contributed by atoms with E-state index in [-0.39, 0.29) is 0 Å². The van der Waals surface area contributed by atoms with E-state index in [0.29, 0.717) is 0 Å². The number of aromatic nitrogens is 2. The van der Waals surface area contributed by atoms with Gasteiger partial charge in [0.1, 0.15) is 0 Å². The first-order chi connectivity index (χ1) is 34.2. The third-order valence-electron chi connectivity index (χ3n) is 15.1. The van der Waals surface area contributed by atoms with Gasteiger partial charge < -0.3 is 0 Å². The largest absolute Gasteiger partial charge is 0.291 e. The van der Waals surface area contributed by atoms with Crippen LogP contribution in [0, 0.1) is 0 Å². The zero-order valence-corrected chi connectivity index (χ0v) is 38.2. The molecule has 0 saturated carbocycles. The van der Waals surface area contributed by atoms with Crippen LogP contribution in [0.15, 0.2) is 243 Å². The van der Waals surface area contributed by atoms with E-state index >= 15 is 0 Å². The normalized spacial score (nSPS) is 13.0. The molecule has 2 nitrogen and oxygen atoms in total. The van der Waals surface area contributed by atoms with Gasteiger partial charge >= 0.3 is 0 Å². The van der Waals surface area contributed by atoms with Crippen LogP contribution in [0.3, 0.4) is 0 Å². The van der Waals surface area contributed by atoms with Crippen LogP contribution < -0.4 is 0 Å². The summed E-state index contributed by atoms with van der Waals surface area (Å²) >= 11 is 1.85. The minimum Gasteiger partial charge on any atom is -0.291 e. The molecule has 14 aromatic rings. The molecule has 1 aliphatic rings. The molecule has 15 rings (SSSR count). The Labute approximate surface area is 402 Å². The zero-order chi connectivity index (χ0) is 45.2. The van der Waals surface area contributed by atoms with Gasteiger partial charge in [-0.1, -0.05) is 218 Å². The summed E-state index contributed by atoms with van der Waals surface area (Å²) in [6.45, 7) is 0. The second kappa shape index (κ2) is 14.7. The molecular weight excluding hydrogens is 853 g/mol. The van der Waals surface area contributed by atoms with Crippen LogP contribution in [-0.4, -0.2) is 9.38 Å². The average Bonchev–Trinajstić information content (AvgIpc) is 4.10. The van der Waals surface area contributed by atoms with Crippen LogP contribution in [0.25, 0.3) is 114 Å². The minimum absolute atomic E-state index is 0.402. The lowest BCUT2D eigenvalue weighted by Crippen LogP contribution is -2.28. The van der Waals surface area contributed by atoms with E-state index < -0.39 is 5.41 Å². The summed E-state index contributed by atoms with van der Waals surface area (Å²) in [5.41, 5.74) is 17.6. The number of imidazole rings is 1. The second-order valence-corrected chi connectivity index (χ2v) is 19.6. The van der Waals surface area contributed by atoms with Gasteiger partial charge in [-0.15, -0.1) is 11.3 Å². The van der Waals surface area contributed by atoms with Crippen molar-refractivity contribution in [3.63, 3.8) is 0 Å². The summed E-state index contributed by atoms with van der Waals surface area (Å²) in [6.07, 6.45) is 0. The van der Waals surface area contributed by atoms with Gasteiger partial charge in [-0.2, -0.15) is 0 Å². The Kier molecular flexibility index (Phi) is 8.19. The average molecular weight is 893 g/mol. The highest BCUT2D eigenvalue weighted by atomic mass is 32.1. The number of rotatable bonds is 5. The first-order valence-electron chi connectivity index (χ1n) is 23.8. The van der Waals surface area contributed by atoms with Crippen molar-refractivity contribution >= 4 is 80.5 Å². The van der Waals surface area contributed by atoms with Gasteiger partial charge in [-0.3, -0.25) is 4.40 Å². The molecule has 0 radical (unpaired) electrons. The lowest BCUT2D eigenvalue weighted by molar-refractivity contribution is 0.768. The van der Waals surface area contributed by atoms with Crippen LogP contribution in [0.2, 0.25) is 0 Å². The molecule has 69 heavy (non-hydrogen) atoms. The zero-order valence-electron chi connectivity index (χ0n) is 37.4. The summed E-state index contributed by atoms with van der Waals surface area (Å²) in [7, 11) is 0. The van der Waals surface area contributed by atoms with E-state index in [0.717, 1.165) is 27.9 Å². The highest BCUT2D eigenvalue weighted by Gasteiger charge is 2.46. The summed E-state index contributed by atoms with van der Waals surface area (Å²) in [5.74, 6) is 0. The standard InChI is InChI=1S/C66H40N2S/c1-3-15-48(16-4-1)66(49-17-5-2-6-18-49)57-22-12-11-21-53(57)55-39-47(32-36-58(55)66)43-25-23-41(24-26-43)42-27-29-46(30-28-42)60-40-56-62-51-20-10-8-14-45(51)33-38-61(62)69-64(56)65-67-63-54-34-31-44-13-7-9-19-50(44)52(54)35-37-59(63)68(60)65/h1-40H. The molecule has 0 atom stereocenters. The van der Waals surface area contributed by atoms with Gasteiger partial charge in [-0.05, 0) is 112 Å². The van der Waals surface area contributed by atoms with E-state index in [2.05, 4.69) is 247 Å². The van der Waals surface area contributed by atoms with Crippen molar-refractivity contribution in [2.45, 2.75) is 5.41 Å². The molecule has 0 amide bonds. The Hall–Kier alpha value is -8.63. The Morgan fingerprint density at radius 3 is 1.68 bits per heavy atom. The maximum absolute atomic E-state index is 5.58. The second-order valence-electron chi connectivity index (χ2n) is 18.6. The van der Waals surface area contributed by atoms with Crippen LogP contribution >= 0.6 is 11.3 Å². The number of pyridine rings is 1. The van der Waals surface area contributed by atoms with Gasteiger partial charge in [-0.25, -0.2) is 4.98 Å². The lowest BCUT2D eigenvalue weighted by atomic mass is 9.67. The fourth-order valence-electron chi connectivity index (χ4n) is 12.0. The molecule has 3 aromatic heterocycles. The number of nitrogens with zero attached hydrogens (tertiary/aromatic N) is 2. The summed E-state index contributed by atoms with van der Waals surface area (Å²) < 4.78 is 4.90. The molecule has 3 heteroatoms. The monoisotopic (exact) mass is 892 g/mol. The number of fused-ring (bicyclic) bond motifs is 16. The van der Waals surface area contributed by atoms with Crippen molar-refractivity contribution < 1.29 is 0 Å². The van der Waals surface area contributed by atoms with Crippen molar-refractivity contribution in [1.82, 2.24) is 9.38 Å². The first-order valence-corrected chi connectivity index (χ1v) is 24.6. The summed E-state index contributed by atoms with van der Waals surface area (Å²) in [4.78, 5) is 5.58. The van der Waals surface area contributed by atoms with Crippen LogP contribution in [0.4, 0.5) is 0 Å². The Morgan fingerprint density at radius 2 is 0.942 bits per heavy atom. The molecule has 0 spiro atoms. The number of thiophene rings is 1. The molecule has 0 N–H and O–H groups in total. The van der Waals surface area contributed by atoms with Gasteiger partial charge in [0.05, 0.1) is 26.8 Å². The van der Waals surface area contributed by atoms with Crippen molar-refractivity contribution in [3.8, 4) is 44.6 Å². The van der Waals surface area contributed by atoms with Gasteiger partial charge in [0.2, 0.25) is 0 Å². The smallest absolute Gasteiger partial charge is 0.156 e. The van der Waals surface area contributed by atoms with E-state index in [4.69, 9.17) is 4.98 Å². The van der Waals surface area contributed by atoms with E-state index in [1.54, 1.807) is 0 Å². The first kappa shape index (κ1) is 38.5. The molecular formula is C66H40N2S. The van der Waals surface area contributed by atoms with Gasteiger partial charge in [0, 0.05) is 20.9 Å². The quantitative estimate of drug-likeness (QED) is 0.157. The Bertz CT molecular complexity index is 4350. The maximum Gasteiger partial charge on any atom is 0.156 e. The Balaban J connectivity index is 0.843. The summed E-state index contributed by atoms with van der Waals surface area (Å²) in [5, 5.41) is 9.98. The van der Waals surface area contributed by atoms with Crippen LogP contribution in [0.5, 0.6) is 0 Å². The highest BCUT2D eigenvalue weighted by Crippen LogP contribution is 2.56. The predicted octanol–water partition coefficient (Wildman–Crippen LogP) is 17.7. The lowest BCUT2D eigenvalue weighted by Gasteiger charge is -2.33. The number of benzene rings is 11. The molecule has 0 fully saturated rings. The molecule has 11 aromatic carbocycles. The molecule has 0 bridgehead atoms. The summed E-state index contributed by atoms with van der Waals surface area (Å²) in [6, 6.07) is 89.8. The molecule has 1 aliphatic carbocycles. The number of hydrogen-bond acceptors (Lipinski definition) is 2. The van der Waals surface area contributed by atoms with Gasteiger partial charge in [0.25, 0.3) is 0 Å². The highest BCUT2D eigenvalue weighted by molar-refractivity contribution is 7.26. The molecule has 320 valence electrons. The fraction of sp³-hybridized carbons (Fsp3) is 0.0152. The van der Waals surface area contributed by atoms with Crippen molar-refractivity contribution in [3.05, 3.63) is 265 Å². The predicted molar refractivity (Wildman–Crippen MR) is 292 cm³/mol. The topological polar surface area (TPSA) is 17.3 Å². The van der Waals surface area contributed by atoms with Gasteiger partial charge in [0.15, 0.2) is 5.65 Å². The van der Waals surface area contributed by atoms with E-state index in [1.165, 1.54) is 108 Å². The fourth-order valence-corrected chi connectivity index (χ4v) is 13.1. The van der Waals surface area contributed by atoms with E-state index in [9.17, 15) is 0 Å². The molecule has 3 heterocycles. The maximum atomic E-state index is 5.58. The SMILES string of the molecule is c1ccc(C2(c3ccccc3)c3ccccc3-c3cc(-c4ccc(-c5ccc(-c6cc7c(sc8ccc9ccccc9c87)c7nc8c9ccc%10ccccc%10c9ccc8n67)cc5)cc4)ccc32)cc1. The van der Waals surface area contributed by atoms with E-state index in [1.807, 2.05) is 11.3 Å². The Morgan fingerprint density at radius 1 is 0.377 bits per heavy atom. The van der Waals surface area contributed by atoms with Crippen LogP contribution in [-0.2, 0) is 5.41 Å². The number of hydrogen-bond donors (Lipinski definition) is 0. The third-order valence-corrected chi connectivity index (χ3v) is 16.2. The third kappa shape index (κ3) is 5.51. The van der Waals surface area contributed by atoms with Crippen LogP contribution in [0.1, 0.15) is 22.3 Å². The molecule has 0 unspecified atom stereocenters. The minimum atomic E-state index is -0.402. The van der Waals surface area contributed by atoms with Crippen molar-refractivity contribution in [2.75, 3.05) is 0 Å². The molecule has 0 aliphatic heterocycles. The van der Waals surface area contributed by atoms with Crippen molar-refractivity contribution in [1.29, 1.82) is 0 Å². The molecule has 0 saturated heterocycles.